The lowest BCUT2D eigenvalue weighted by Gasteiger charge is -2.26. The van der Waals surface area contributed by atoms with Gasteiger partial charge in [-0.3, -0.25) is 0 Å². The van der Waals surface area contributed by atoms with E-state index in [1.165, 1.54) is 0 Å². The molecule has 1 aliphatic rings. The van der Waals surface area contributed by atoms with Crippen LogP contribution in [0, 0.1) is 5.92 Å². The normalized spacial score (nSPS) is 22.6. The third-order valence-electron chi connectivity index (χ3n) is 2.98. The van der Waals surface area contributed by atoms with Crippen molar-refractivity contribution in [3.63, 3.8) is 0 Å². The van der Waals surface area contributed by atoms with Gasteiger partial charge >= 0.3 is 0 Å². The molecule has 0 saturated heterocycles. The summed E-state index contributed by atoms with van der Waals surface area (Å²) in [6.07, 6.45) is 6.18. The SMILES string of the molecule is C=CC[C@H]1C=Cc2cccc(OC)c2[C@H]1O. The molecule has 2 rings (SSSR count). The Morgan fingerprint density at radius 2 is 2.31 bits per heavy atom. The molecule has 0 fully saturated rings. The number of allylic oxidation sites excluding steroid dienone is 1. The predicted molar refractivity (Wildman–Crippen MR) is 65.3 cm³/mol. The number of ether oxygens (including phenoxy) is 1. The molecule has 0 bridgehead atoms. The van der Waals surface area contributed by atoms with Crippen molar-refractivity contribution in [2.75, 3.05) is 7.11 Å². The van der Waals surface area contributed by atoms with Gasteiger partial charge in [-0.2, -0.15) is 0 Å². The van der Waals surface area contributed by atoms with Crippen molar-refractivity contribution in [2.24, 2.45) is 5.92 Å². The lowest BCUT2D eigenvalue weighted by atomic mass is 9.84. The van der Waals surface area contributed by atoms with Crippen LogP contribution in [0.25, 0.3) is 6.08 Å². The fourth-order valence-electron chi connectivity index (χ4n) is 2.15. The molecule has 0 radical (unpaired) electrons. The Morgan fingerprint density at radius 3 is 3.00 bits per heavy atom. The van der Waals surface area contributed by atoms with E-state index >= 15 is 0 Å². The summed E-state index contributed by atoms with van der Waals surface area (Å²) < 4.78 is 5.29. The van der Waals surface area contributed by atoms with Crippen molar-refractivity contribution in [3.8, 4) is 5.75 Å². The van der Waals surface area contributed by atoms with Crippen molar-refractivity contribution in [1.82, 2.24) is 0 Å². The second-order valence-electron chi connectivity index (χ2n) is 3.96. The van der Waals surface area contributed by atoms with Gasteiger partial charge in [-0.05, 0) is 18.1 Å². The molecule has 1 N–H and O–H groups in total. The molecule has 0 amide bonds. The van der Waals surface area contributed by atoms with Gasteiger partial charge in [0.05, 0.1) is 13.2 Å². The molecule has 2 atom stereocenters. The van der Waals surface area contributed by atoms with Gasteiger partial charge < -0.3 is 9.84 Å². The molecule has 0 heterocycles. The van der Waals surface area contributed by atoms with Gasteiger partial charge in [0.25, 0.3) is 0 Å². The molecule has 1 aliphatic carbocycles. The zero-order valence-electron chi connectivity index (χ0n) is 9.39. The second-order valence-corrected chi connectivity index (χ2v) is 3.96. The van der Waals surface area contributed by atoms with Crippen LogP contribution in [0.4, 0.5) is 0 Å². The summed E-state index contributed by atoms with van der Waals surface area (Å²) >= 11 is 0. The lowest BCUT2D eigenvalue weighted by molar-refractivity contribution is 0.127. The first-order valence-corrected chi connectivity index (χ1v) is 5.42. The first-order chi connectivity index (χ1) is 7.77. The molecule has 16 heavy (non-hydrogen) atoms. The van der Waals surface area contributed by atoms with E-state index in [1.54, 1.807) is 7.11 Å². The monoisotopic (exact) mass is 216 g/mol. The molecule has 0 aromatic heterocycles. The maximum Gasteiger partial charge on any atom is 0.125 e. The molecule has 1 aromatic carbocycles. The largest absolute Gasteiger partial charge is 0.496 e. The average molecular weight is 216 g/mol. The van der Waals surface area contributed by atoms with Crippen LogP contribution in [-0.2, 0) is 0 Å². The fourth-order valence-corrected chi connectivity index (χ4v) is 2.15. The van der Waals surface area contributed by atoms with E-state index in [-0.39, 0.29) is 5.92 Å². The summed E-state index contributed by atoms with van der Waals surface area (Å²) in [4.78, 5) is 0. The Bertz CT molecular complexity index is 421. The Labute approximate surface area is 95.9 Å². The molecule has 2 nitrogen and oxygen atoms in total. The van der Waals surface area contributed by atoms with E-state index in [0.717, 1.165) is 23.3 Å². The molecule has 1 aromatic rings. The molecular weight excluding hydrogens is 200 g/mol. The first-order valence-electron chi connectivity index (χ1n) is 5.42. The van der Waals surface area contributed by atoms with E-state index in [1.807, 2.05) is 36.4 Å². The van der Waals surface area contributed by atoms with Crippen LogP contribution in [0.15, 0.2) is 36.9 Å². The van der Waals surface area contributed by atoms with Crippen LogP contribution in [0.2, 0.25) is 0 Å². The van der Waals surface area contributed by atoms with Crippen molar-refractivity contribution in [1.29, 1.82) is 0 Å². The third-order valence-corrected chi connectivity index (χ3v) is 2.98. The summed E-state index contributed by atoms with van der Waals surface area (Å²) in [5, 5.41) is 10.3. The molecule has 0 unspecified atom stereocenters. The Balaban J connectivity index is 2.44. The highest BCUT2D eigenvalue weighted by Gasteiger charge is 2.26. The van der Waals surface area contributed by atoms with Gasteiger partial charge in [0.1, 0.15) is 5.75 Å². The number of fused-ring (bicyclic) bond motifs is 1. The van der Waals surface area contributed by atoms with E-state index in [2.05, 4.69) is 6.58 Å². The smallest absolute Gasteiger partial charge is 0.125 e. The Morgan fingerprint density at radius 1 is 1.50 bits per heavy atom. The minimum atomic E-state index is -0.505. The number of rotatable bonds is 3. The minimum Gasteiger partial charge on any atom is -0.496 e. The molecular formula is C14H16O2. The van der Waals surface area contributed by atoms with Crippen molar-refractivity contribution < 1.29 is 9.84 Å². The summed E-state index contributed by atoms with van der Waals surface area (Å²) in [7, 11) is 1.63. The van der Waals surface area contributed by atoms with E-state index in [4.69, 9.17) is 4.74 Å². The predicted octanol–water partition coefficient (Wildman–Crippen LogP) is 2.95. The van der Waals surface area contributed by atoms with E-state index in [0.29, 0.717) is 0 Å². The van der Waals surface area contributed by atoms with Gasteiger partial charge in [-0.1, -0.05) is 30.4 Å². The number of hydrogen-bond donors (Lipinski definition) is 1. The van der Waals surface area contributed by atoms with Crippen molar-refractivity contribution in [2.45, 2.75) is 12.5 Å². The van der Waals surface area contributed by atoms with Crippen molar-refractivity contribution in [3.05, 3.63) is 48.1 Å². The number of hydrogen-bond acceptors (Lipinski definition) is 2. The highest BCUT2D eigenvalue weighted by atomic mass is 16.5. The summed E-state index contributed by atoms with van der Waals surface area (Å²) in [5.74, 6) is 0.852. The van der Waals surface area contributed by atoms with Crippen LogP contribution in [0.5, 0.6) is 5.75 Å². The van der Waals surface area contributed by atoms with Gasteiger partial charge in [0, 0.05) is 11.5 Å². The Kier molecular flexibility index (Phi) is 3.11. The van der Waals surface area contributed by atoms with Crippen molar-refractivity contribution >= 4 is 6.08 Å². The van der Waals surface area contributed by atoms with E-state index < -0.39 is 6.10 Å². The number of methoxy groups -OCH3 is 1. The van der Waals surface area contributed by atoms with Crippen LogP contribution in [0.1, 0.15) is 23.7 Å². The van der Waals surface area contributed by atoms with E-state index in [9.17, 15) is 5.11 Å². The number of benzene rings is 1. The van der Waals surface area contributed by atoms with Gasteiger partial charge in [0.2, 0.25) is 0 Å². The average Bonchev–Trinajstić information content (AvgIpc) is 2.32. The summed E-state index contributed by atoms with van der Waals surface area (Å²) in [5.41, 5.74) is 1.92. The lowest BCUT2D eigenvalue weighted by Crippen LogP contribution is -2.15. The maximum absolute atomic E-state index is 10.3. The fraction of sp³-hybridized carbons (Fsp3) is 0.286. The van der Waals surface area contributed by atoms with Gasteiger partial charge in [-0.25, -0.2) is 0 Å². The quantitative estimate of drug-likeness (QED) is 0.787. The molecule has 2 heteroatoms. The highest BCUT2D eigenvalue weighted by Crippen LogP contribution is 2.39. The minimum absolute atomic E-state index is 0.0984. The number of aliphatic hydroxyl groups is 1. The standard InChI is InChI=1S/C14H16O2/c1-3-5-11-9-8-10-6-4-7-12(16-2)13(10)14(11)15/h3-4,6-9,11,14-15H,1,5H2,2H3/t11-,14-/m0/s1. The maximum atomic E-state index is 10.3. The molecule has 0 aliphatic heterocycles. The molecule has 0 spiro atoms. The van der Waals surface area contributed by atoms with Gasteiger partial charge in [0.15, 0.2) is 0 Å². The Hall–Kier alpha value is -1.54. The topological polar surface area (TPSA) is 29.5 Å². The third kappa shape index (κ3) is 1.76. The van der Waals surface area contributed by atoms with Crippen LogP contribution < -0.4 is 4.74 Å². The zero-order valence-corrected chi connectivity index (χ0v) is 9.39. The zero-order chi connectivity index (χ0) is 11.5. The summed E-state index contributed by atoms with van der Waals surface area (Å²) in [6.45, 7) is 3.71. The first kappa shape index (κ1) is 11.0. The van der Waals surface area contributed by atoms with Crippen LogP contribution >= 0.6 is 0 Å². The number of aliphatic hydroxyl groups excluding tert-OH is 1. The van der Waals surface area contributed by atoms with Crippen LogP contribution in [0.3, 0.4) is 0 Å². The molecule has 84 valence electrons. The van der Waals surface area contributed by atoms with Crippen LogP contribution in [-0.4, -0.2) is 12.2 Å². The van der Waals surface area contributed by atoms with Gasteiger partial charge in [-0.15, -0.1) is 6.58 Å². The second kappa shape index (κ2) is 4.54. The highest BCUT2D eigenvalue weighted by molar-refractivity contribution is 5.62. The molecule has 0 saturated carbocycles. The summed E-state index contributed by atoms with van der Waals surface area (Å²) in [6, 6.07) is 5.80.